The summed E-state index contributed by atoms with van der Waals surface area (Å²) in [5.74, 6) is 0.355. The number of hydrogen-bond donors (Lipinski definition) is 3. The van der Waals surface area contributed by atoms with Crippen LogP contribution in [0.15, 0.2) is 30.5 Å². The van der Waals surface area contributed by atoms with E-state index in [4.69, 9.17) is 0 Å². The van der Waals surface area contributed by atoms with Crippen LogP contribution in [0.2, 0.25) is 0 Å². The van der Waals surface area contributed by atoms with Gasteiger partial charge in [-0.05, 0) is 44.9 Å². The van der Waals surface area contributed by atoms with Gasteiger partial charge in [-0.1, -0.05) is 18.2 Å². The Morgan fingerprint density at radius 3 is 2.84 bits per heavy atom. The van der Waals surface area contributed by atoms with Crippen LogP contribution in [-0.4, -0.2) is 21.8 Å². The number of nitrogens with zero attached hydrogens (tertiary/aromatic N) is 1. The number of aromatic hydroxyl groups is 1. The molecule has 1 atom stereocenters. The molecule has 0 aliphatic rings. The van der Waals surface area contributed by atoms with Crippen LogP contribution in [0.4, 0.5) is 0 Å². The van der Waals surface area contributed by atoms with E-state index in [9.17, 15) is 5.11 Å². The number of benzene rings is 1. The number of rotatable bonds is 6. The zero-order chi connectivity index (χ0) is 13.7. The summed E-state index contributed by atoms with van der Waals surface area (Å²) in [7, 11) is 0. The number of nitrogens with one attached hydrogen (secondary N) is 2. The van der Waals surface area contributed by atoms with Crippen molar-refractivity contribution >= 4 is 0 Å². The Labute approximate surface area is 113 Å². The fourth-order valence-electron chi connectivity index (χ4n) is 2.19. The largest absolute Gasteiger partial charge is 0.508 e. The number of hydrogen-bond acceptors (Lipinski definition) is 3. The standard InChI is InChI=1S/C15H21N3O/c1-11-13(10-17-18-11)6-5-9-16-12(2)14-7-3-4-8-15(14)19/h3-4,7-8,10,12,16,19H,5-6,9H2,1-2H3,(H,17,18). The van der Waals surface area contributed by atoms with Gasteiger partial charge in [0.2, 0.25) is 0 Å². The van der Waals surface area contributed by atoms with Crippen molar-refractivity contribution in [3.8, 4) is 5.75 Å². The quantitative estimate of drug-likeness (QED) is 0.699. The van der Waals surface area contributed by atoms with Crippen LogP contribution >= 0.6 is 0 Å². The zero-order valence-electron chi connectivity index (χ0n) is 11.5. The lowest BCUT2D eigenvalue weighted by molar-refractivity contribution is 0.452. The van der Waals surface area contributed by atoms with Crippen molar-refractivity contribution < 1.29 is 5.11 Å². The van der Waals surface area contributed by atoms with Crippen LogP contribution in [0.25, 0.3) is 0 Å². The molecule has 1 unspecified atom stereocenters. The van der Waals surface area contributed by atoms with Crippen molar-refractivity contribution in [1.82, 2.24) is 15.5 Å². The fourth-order valence-corrected chi connectivity index (χ4v) is 2.19. The molecule has 0 spiro atoms. The van der Waals surface area contributed by atoms with Crippen molar-refractivity contribution in [2.75, 3.05) is 6.54 Å². The molecular formula is C15H21N3O. The van der Waals surface area contributed by atoms with Crippen LogP contribution in [0.3, 0.4) is 0 Å². The first-order valence-electron chi connectivity index (χ1n) is 6.68. The van der Waals surface area contributed by atoms with Crippen molar-refractivity contribution in [3.63, 3.8) is 0 Å². The molecule has 0 radical (unpaired) electrons. The van der Waals surface area contributed by atoms with E-state index in [2.05, 4.69) is 22.4 Å². The minimum Gasteiger partial charge on any atom is -0.508 e. The zero-order valence-corrected chi connectivity index (χ0v) is 11.5. The first-order valence-corrected chi connectivity index (χ1v) is 6.68. The van der Waals surface area contributed by atoms with Crippen molar-refractivity contribution in [1.29, 1.82) is 0 Å². The number of para-hydroxylation sites is 1. The lowest BCUT2D eigenvalue weighted by Gasteiger charge is -2.15. The van der Waals surface area contributed by atoms with Crippen LogP contribution < -0.4 is 5.32 Å². The predicted octanol–water partition coefficient (Wildman–Crippen LogP) is 2.71. The van der Waals surface area contributed by atoms with Gasteiger partial charge in [-0.2, -0.15) is 5.10 Å². The van der Waals surface area contributed by atoms with Crippen LogP contribution in [0, 0.1) is 6.92 Å². The monoisotopic (exact) mass is 259 g/mol. The van der Waals surface area contributed by atoms with E-state index in [-0.39, 0.29) is 6.04 Å². The van der Waals surface area contributed by atoms with Gasteiger partial charge in [0.05, 0.1) is 6.20 Å². The summed E-state index contributed by atoms with van der Waals surface area (Å²) in [4.78, 5) is 0. The molecule has 102 valence electrons. The van der Waals surface area contributed by atoms with Crippen molar-refractivity contribution in [3.05, 3.63) is 47.3 Å². The van der Waals surface area contributed by atoms with Crippen LogP contribution in [-0.2, 0) is 6.42 Å². The molecule has 0 aliphatic carbocycles. The molecule has 0 amide bonds. The van der Waals surface area contributed by atoms with E-state index in [0.29, 0.717) is 5.75 Å². The van der Waals surface area contributed by atoms with E-state index < -0.39 is 0 Å². The summed E-state index contributed by atoms with van der Waals surface area (Å²) < 4.78 is 0. The molecule has 2 aromatic rings. The SMILES string of the molecule is Cc1[nH]ncc1CCCNC(C)c1ccccc1O. The molecule has 0 saturated heterocycles. The highest BCUT2D eigenvalue weighted by Crippen LogP contribution is 2.22. The molecule has 0 bridgehead atoms. The van der Waals surface area contributed by atoms with Gasteiger partial charge in [-0.25, -0.2) is 0 Å². The smallest absolute Gasteiger partial charge is 0.120 e. The Hall–Kier alpha value is -1.81. The van der Waals surface area contributed by atoms with E-state index in [1.807, 2.05) is 31.3 Å². The third-order valence-electron chi connectivity index (χ3n) is 3.41. The summed E-state index contributed by atoms with van der Waals surface area (Å²) in [6.07, 6.45) is 3.96. The molecule has 0 aliphatic heterocycles. The second kappa shape index (κ2) is 6.38. The minimum absolute atomic E-state index is 0.159. The molecule has 19 heavy (non-hydrogen) atoms. The van der Waals surface area contributed by atoms with Gasteiger partial charge in [-0.3, -0.25) is 5.10 Å². The van der Waals surface area contributed by atoms with E-state index in [0.717, 1.165) is 30.6 Å². The first kappa shape index (κ1) is 13.6. The van der Waals surface area contributed by atoms with Gasteiger partial charge in [0.1, 0.15) is 5.75 Å². The molecule has 3 N–H and O–H groups in total. The Balaban J connectivity index is 1.77. The Morgan fingerprint density at radius 2 is 2.16 bits per heavy atom. The molecule has 2 rings (SSSR count). The lowest BCUT2D eigenvalue weighted by Crippen LogP contribution is -2.20. The summed E-state index contributed by atoms with van der Waals surface area (Å²) in [6.45, 7) is 5.03. The number of H-pyrrole nitrogens is 1. The van der Waals surface area contributed by atoms with Gasteiger partial charge in [0.25, 0.3) is 0 Å². The number of phenols is 1. The van der Waals surface area contributed by atoms with E-state index in [1.165, 1.54) is 5.56 Å². The normalized spacial score (nSPS) is 12.5. The second-order valence-corrected chi connectivity index (χ2v) is 4.86. The average molecular weight is 259 g/mol. The molecule has 4 nitrogen and oxygen atoms in total. The third-order valence-corrected chi connectivity index (χ3v) is 3.41. The Morgan fingerprint density at radius 1 is 1.37 bits per heavy atom. The maximum atomic E-state index is 9.77. The van der Waals surface area contributed by atoms with Gasteiger partial charge >= 0.3 is 0 Å². The Bertz CT molecular complexity index is 522. The van der Waals surface area contributed by atoms with Crippen LogP contribution in [0.1, 0.15) is 36.2 Å². The summed E-state index contributed by atoms with van der Waals surface area (Å²) in [6, 6.07) is 7.62. The maximum Gasteiger partial charge on any atom is 0.120 e. The number of aryl methyl sites for hydroxylation is 2. The fraction of sp³-hybridized carbons (Fsp3) is 0.400. The molecule has 0 saturated carbocycles. The number of aromatic amines is 1. The molecule has 0 fully saturated rings. The maximum absolute atomic E-state index is 9.77. The third kappa shape index (κ3) is 3.58. The Kier molecular flexibility index (Phi) is 4.58. The second-order valence-electron chi connectivity index (χ2n) is 4.86. The average Bonchev–Trinajstić information content (AvgIpc) is 2.80. The van der Waals surface area contributed by atoms with E-state index in [1.54, 1.807) is 6.07 Å². The summed E-state index contributed by atoms with van der Waals surface area (Å²) in [5, 5.41) is 20.2. The van der Waals surface area contributed by atoms with Crippen LogP contribution in [0.5, 0.6) is 5.75 Å². The van der Waals surface area contributed by atoms with Crippen molar-refractivity contribution in [2.24, 2.45) is 0 Å². The molecule has 1 aromatic carbocycles. The minimum atomic E-state index is 0.159. The van der Waals surface area contributed by atoms with E-state index >= 15 is 0 Å². The van der Waals surface area contributed by atoms with Gasteiger partial charge in [0.15, 0.2) is 0 Å². The van der Waals surface area contributed by atoms with Crippen molar-refractivity contribution in [2.45, 2.75) is 32.7 Å². The molecule has 1 heterocycles. The van der Waals surface area contributed by atoms with Gasteiger partial charge in [0, 0.05) is 17.3 Å². The molecule has 1 aromatic heterocycles. The van der Waals surface area contributed by atoms with Gasteiger partial charge in [-0.15, -0.1) is 0 Å². The first-order chi connectivity index (χ1) is 9.18. The molecule has 4 heteroatoms. The predicted molar refractivity (Wildman–Crippen MR) is 76.2 cm³/mol. The lowest BCUT2D eigenvalue weighted by atomic mass is 10.1. The summed E-state index contributed by atoms with van der Waals surface area (Å²) >= 11 is 0. The highest BCUT2D eigenvalue weighted by molar-refractivity contribution is 5.34. The topological polar surface area (TPSA) is 60.9 Å². The van der Waals surface area contributed by atoms with Gasteiger partial charge < -0.3 is 10.4 Å². The summed E-state index contributed by atoms with van der Waals surface area (Å²) in [5.41, 5.74) is 3.37. The highest BCUT2D eigenvalue weighted by atomic mass is 16.3. The number of aromatic nitrogens is 2. The highest BCUT2D eigenvalue weighted by Gasteiger charge is 2.08. The number of phenolic OH excluding ortho intramolecular Hbond substituents is 1. The molecular weight excluding hydrogens is 238 g/mol.